The average Bonchev–Trinajstić information content (AvgIpc) is 2.57. The van der Waals surface area contributed by atoms with Crippen LogP contribution in [0.5, 0.6) is 0 Å². The molecule has 1 aromatic rings. The summed E-state index contributed by atoms with van der Waals surface area (Å²) < 4.78 is 0. The monoisotopic (exact) mass is 321 g/mol. The lowest BCUT2D eigenvalue weighted by Gasteiger charge is -2.33. The van der Waals surface area contributed by atoms with E-state index in [2.05, 4.69) is 50.4 Å². The van der Waals surface area contributed by atoms with Crippen molar-refractivity contribution in [2.45, 2.75) is 25.1 Å². The second-order valence-electron chi connectivity index (χ2n) is 6.32. The predicted octanol–water partition coefficient (Wildman–Crippen LogP) is 1.56. The van der Waals surface area contributed by atoms with E-state index >= 15 is 0 Å². The molecule has 2 saturated heterocycles. The molecule has 2 fully saturated rings. The summed E-state index contributed by atoms with van der Waals surface area (Å²) in [5, 5.41) is 0.791. The number of piperazine rings is 1. The minimum absolute atomic E-state index is 0.791. The number of aromatic nitrogens is 2. The second kappa shape index (κ2) is 7.62. The topological polar surface area (TPSA) is 35.5 Å². The molecule has 0 radical (unpaired) electrons. The van der Waals surface area contributed by atoms with Crippen molar-refractivity contribution in [1.82, 2.24) is 19.8 Å². The maximum atomic E-state index is 4.60. The molecule has 0 amide bonds. The normalized spacial score (nSPS) is 24.6. The van der Waals surface area contributed by atoms with Crippen molar-refractivity contribution in [1.29, 1.82) is 0 Å². The lowest BCUT2D eigenvalue weighted by Crippen LogP contribution is -2.45. The average molecular weight is 321 g/mol. The van der Waals surface area contributed by atoms with Crippen molar-refractivity contribution in [3.63, 3.8) is 0 Å². The summed E-state index contributed by atoms with van der Waals surface area (Å²) in [4.78, 5) is 16.4. The summed E-state index contributed by atoms with van der Waals surface area (Å²) in [7, 11) is 2.17. The number of anilines is 1. The third kappa shape index (κ3) is 4.12. The fourth-order valence-corrected chi connectivity index (χ4v) is 4.28. The van der Waals surface area contributed by atoms with Crippen molar-refractivity contribution >= 4 is 17.7 Å². The first kappa shape index (κ1) is 16.0. The maximum Gasteiger partial charge on any atom is 0.225 e. The van der Waals surface area contributed by atoms with Crippen molar-refractivity contribution in [2.24, 2.45) is 0 Å². The standard InChI is InChI=1S/C16H27N5S/c1-3-15-13-20(8-9-22-15)12-14-10-17-16(18-11-14)21-6-4-19(2)5-7-21/h10-11,15H,3-9,12-13H2,1-2H3. The molecule has 122 valence electrons. The van der Waals surface area contributed by atoms with E-state index in [-0.39, 0.29) is 0 Å². The zero-order valence-corrected chi connectivity index (χ0v) is 14.6. The molecule has 22 heavy (non-hydrogen) atoms. The highest BCUT2D eigenvalue weighted by Gasteiger charge is 2.20. The first-order chi connectivity index (χ1) is 10.7. The largest absolute Gasteiger partial charge is 0.338 e. The number of rotatable bonds is 4. The highest BCUT2D eigenvalue weighted by Crippen LogP contribution is 2.22. The van der Waals surface area contributed by atoms with Gasteiger partial charge in [0.1, 0.15) is 0 Å². The molecule has 0 aromatic carbocycles. The van der Waals surface area contributed by atoms with Crippen LogP contribution in [0, 0.1) is 0 Å². The molecule has 1 atom stereocenters. The molecular weight excluding hydrogens is 294 g/mol. The first-order valence-electron chi connectivity index (χ1n) is 8.33. The molecular formula is C16H27N5S. The highest BCUT2D eigenvalue weighted by atomic mass is 32.2. The third-order valence-electron chi connectivity index (χ3n) is 4.56. The number of nitrogens with zero attached hydrogens (tertiary/aromatic N) is 5. The summed E-state index contributed by atoms with van der Waals surface area (Å²) in [6.07, 6.45) is 5.30. The lowest BCUT2D eigenvalue weighted by molar-refractivity contribution is 0.272. The van der Waals surface area contributed by atoms with Crippen molar-refractivity contribution in [2.75, 3.05) is 57.0 Å². The summed E-state index contributed by atoms with van der Waals surface area (Å²) >= 11 is 2.12. The molecule has 0 saturated carbocycles. The van der Waals surface area contributed by atoms with Crippen LogP contribution in [0.3, 0.4) is 0 Å². The van der Waals surface area contributed by atoms with E-state index in [0.717, 1.165) is 43.9 Å². The van der Waals surface area contributed by atoms with E-state index in [1.54, 1.807) is 0 Å². The summed E-state index contributed by atoms with van der Waals surface area (Å²) in [5.74, 6) is 2.14. The predicted molar refractivity (Wildman–Crippen MR) is 93.6 cm³/mol. The zero-order chi connectivity index (χ0) is 15.4. The summed E-state index contributed by atoms with van der Waals surface area (Å²) in [6.45, 7) is 9.89. The van der Waals surface area contributed by atoms with Crippen LogP contribution < -0.4 is 4.90 Å². The molecule has 0 spiro atoms. The van der Waals surface area contributed by atoms with Gasteiger partial charge in [0.2, 0.25) is 5.95 Å². The lowest BCUT2D eigenvalue weighted by atomic mass is 10.2. The van der Waals surface area contributed by atoms with Crippen LogP contribution in [-0.2, 0) is 6.54 Å². The molecule has 3 heterocycles. The van der Waals surface area contributed by atoms with Crippen LogP contribution >= 0.6 is 11.8 Å². The van der Waals surface area contributed by atoms with Gasteiger partial charge in [0.25, 0.3) is 0 Å². The van der Waals surface area contributed by atoms with Gasteiger partial charge in [0, 0.05) is 74.8 Å². The van der Waals surface area contributed by atoms with Crippen LogP contribution in [0.2, 0.25) is 0 Å². The summed E-state index contributed by atoms with van der Waals surface area (Å²) in [5.41, 5.74) is 1.24. The Hall–Kier alpha value is -0.850. The Balaban J connectivity index is 1.55. The van der Waals surface area contributed by atoms with Gasteiger partial charge in [-0.3, -0.25) is 4.90 Å². The molecule has 1 aromatic heterocycles. The number of likely N-dealkylation sites (N-methyl/N-ethyl adjacent to an activating group) is 1. The van der Waals surface area contributed by atoms with E-state index in [1.807, 2.05) is 12.4 Å². The van der Waals surface area contributed by atoms with E-state index in [1.165, 1.54) is 30.8 Å². The van der Waals surface area contributed by atoms with Gasteiger partial charge in [-0.15, -0.1) is 0 Å². The van der Waals surface area contributed by atoms with E-state index in [9.17, 15) is 0 Å². The van der Waals surface area contributed by atoms with Crippen molar-refractivity contribution in [3.8, 4) is 0 Å². The van der Waals surface area contributed by atoms with Gasteiger partial charge in [-0.2, -0.15) is 11.8 Å². The van der Waals surface area contributed by atoms with Gasteiger partial charge >= 0.3 is 0 Å². The number of hydrogen-bond acceptors (Lipinski definition) is 6. The van der Waals surface area contributed by atoms with Crippen LogP contribution in [0.1, 0.15) is 18.9 Å². The molecule has 0 bridgehead atoms. The van der Waals surface area contributed by atoms with E-state index in [0.29, 0.717) is 0 Å². The SMILES string of the molecule is CCC1CN(Cc2cnc(N3CCN(C)CC3)nc2)CCS1. The molecule has 2 aliphatic rings. The maximum absolute atomic E-state index is 4.60. The molecule has 6 heteroatoms. The van der Waals surface area contributed by atoms with E-state index < -0.39 is 0 Å². The summed E-state index contributed by atoms with van der Waals surface area (Å²) in [6, 6.07) is 0. The molecule has 5 nitrogen and oxygen atoms in total. The van der Waals surface area contributed by atoms with Gasteiger partial charge in [-0.05, 0) is 13.5 Å². The van der Waals surface area contributed by atoms with Crippen molar-refractivity contribution < 1.29 is 0 Å². The zero-order valence-electron chi connectivity index (χ0n) is 13.7. The van der Waals surface area contributed by atoms with Crippen LogP contribution in [0.4, 0.5) is 5.95 Å². The number of thioether (sulfide) groups is 1. The van der Waals surface area contributed by atoms with Gasteiger partial charge in [-0.1, -0.05) is 6.92 Å². The Labute approximate surface area is 138 Å². The molecule has 1 unspecified atom stereocenters. The second-order valence-corrected chi connectivity index (χ2v) is 7.73. The Bertz CT molecular complexity index is 458. The molecule has 3 rings (SSSR count). The Morgan fingerprint density at radius 1 is 1.14 bits per heavy atom. The smallest absolute Gasteiger partial charge is 0.225 e. The molecule has 0 aliphatic carbocycles. The molecule has 0 N–H and O–H groups in total. The minimum atomic E-state index is 0.791. The third-order valence-corrected chi connectivity index (χ3v) is 5.93. The first-order valence-corrected chi connectivity index (χ1v) is 9.38. The van der Waals surface area contributed by atoms with Crippen LogP contribution in [0.15, 0.2) is 12.4 Å². The number of hydrogen-bond donors (Lipinski definition) is 0. The van der Waals surface area contributed by atoms with Crippen molar-refractivity contribution in [3.05, 3.63) is 18.0 Å². The fraction of sp³-hybridized carbons (Fsp3) is 0.750. The minimum Gasteiger partial charge on any atom is -0.338 e. The Morgan fingerprint density at radius 3 is 2.55 bits per heavy atom. The quantitative estimate of drug-likeness (QED) is 0.837. The Kier molecular flexibility index (Phi) is 5.55. The van der Waals surface area contributed by atoms with Gasteiger partial charge in [-0.25, -0.2) is 9.97 Å². The molecule has 2 aliphatic heterocycles. The highest BCUT2D eigenvalue weighted by molar-refractivity contribution is 8.00. The van der Waals surface area contributed by atoms with Crippen LogP contribution in [-0.4, -0.2) is 77.1 Å². The van der Waals surface area contributed by atoms with E-state index in [4.69, 9.17) is 0 Å². The van der Waals surface area contributed by atoms with Gasteiger partial charge in [0.15, 0.2) is 0 Å². The van der Waals surface area contributed by atoms with Gasteiger partial charge < -0.3 is 9.80 Å². The van der Waals surface area contributed by atoms with Crippen LogP contribution in [0.25, 0.3) is 0 Å². The van der Waals surface area contributed by atoms with Gasteiger partial charge in [0.05, 0.1) is 0 Å². The Morgan fingerprint density at radius 2 is 1.86 bits per heavy atom. The fourth-order valence-electron chi connectivity index (χ4n) is 3.03.